The lowest BCUT2D eigenvalue weighted by Crippen LogP contribution is -1.96. The van der Waals surface area contributed by atoms with Gasteiger partial charge in [0.1, 0.15) is 0 Å². The first-order valence-corrected chi connectivity index (χ1v) is 6.04. The fourth-order valence-electron chi connectivity index (χ4n) is 2.88. The Morgan fingerprint density at radius 1 is 1.00 bits per heavy atom. The molecule has 18 heavy (non-hydrogen) atoms. The molecule has 0 amide bonds. The number of benzene rings is 2. The highest BCUT2D eigenvalue weighted by Gasteiger charge is 2.64. The van der Waals surface area contributed by atoms with Crippen LogP contribution >= 0.6 is 0 Å². The van der Waals surface area contributed by atoms with E-state index in [1.54, 1.807) is 0 Å². The van der Waals surface area contributed by atoms with E-state index in [0.717, 1.165) is 5.56 Å². The summed E-state index contributed by atoms with van der Waals surface area (Å²) < 4.78 is 0. The standard InChI is InChI=1S/C16H12N2/c1-11-15(16(11,9-17)10-18)14-7-6-12-4-2-3-5-13(12)8-14/h2-8,11,15H,1H3. The summed E-state index contributed by atoms with van der Waals surface area (Å²) >= 11 is 0. The molecule has 0 radical (unpaired) electrons. The van der Waals surface area contributed by atoms with Crippen molar-refractivity contribution in [3.05, 3.63) is 48.0 Å². The van der Waals surface area contributed by atoms with Crippen LogP contribution in [0.2, 0.25) is 0 Å². The van der Waals surface area contributed by atoms with Crippen LogP contribution in [0.15, 0.2) is 42.5 Å². The zero-order valence-corrected chi connectivity index (χ0v) is 10.1. The molecule has 0 heterocycles. The van der Waals surface area contributed by atoms with Gasteiger partial charge in [0, 0.05) is 5.92 Å². The zero-order valence-electron chi connectivity index (χ0n) is 10.1. The molecule has 2 heteroatoms. The van der Waals surface area contributed by atoms with Gasteiger partial charge in [-0.05, 0) is 22.3 Å². The first-order chi connectivity index (χ1) is 8.73. The lowest BCUT2D eigenvalue weighted by atomic mass is 9.99. The molecule has 1 fully saturated rings. The average Bonchev–Trinajstić information content (AvgIpc) is 3.03. The number of nitrogens with zero attached hydrogens (tertiary/aromatic N) is 2. The Bertz CT molecular complexity index is 689. The number of hydrogen-bond acceptors (Lipinski definition) is 2. The normalized spacial score (nSPS) is 24.2. The summed E-state index contributed by atoms with van der Waals surface area (Å²) in [5, 5.41) is 20.8. The first-order valence-electron chi connectivity index (χ1n) is 6.04. The van der Waals surface area contributed by atoms with E-state index in [9.17, 15) is 10.5 Å². The van der Waals surface area contributed by atoms with Crippen molar-refractivity contribution in [2.75, 3.05) is 0 Å². The molecule has 2 nitrogen and oxygen atoms in total. The molecule has 1 aliphatic rings. The Kier molecular flexibility index (Phi) is 2.15. The van der Waals surface area contributed by atoms with Crippen LogP contribution in [0, 0.1) is 34.0 Å². The fourth-order valence-corrected chi connectivity index (χ4v) is 2.88. The summed E-state index contributed by atoms with van der Waals surface area (Å²) in [6, 6.07) is 18.7. The number of hydrogen-bond donors (Lipinski definition) is 0. The highest BCUT2D eigenvalue weighted by molar-refractivity contribution is 5.83. The fraction of sp³-hybridized carbons (Fsp3) is 0.250. The number of rotatable bonds is 1. The molecule has 0 bridgehead atoms. The largest absolute Gasteiger partial charge is 0.197 e. The third-order valence-corrected chi connectivity index (χ3v) is 4.10. The van der Waals surface area contributed by atoms with Gasteiger partial charge in [-0.1, -0.05) is 49.4 Å². The summed E-state index contributed by atoms with van der Waals surface area (Å²) in [6.45, 7) is 1.98. The summed E-state index contributed by atoms with van der Waals surface area (Å²) in [5.41, 5.74) is 0.284. The first kappa shape index (κ1) is 10.8. The lowest BCUT2D eigenvalue weighted by Gasteiger charge is -2.03. The predicted molar refractivity (Wildman–Crippen MR) is 69.5 cm³/mol. The maximum absolute atomic E-state index is 9.20. The molecule has 86 valence electrons. The van der Waals surface area contributed by atoms with Crippen molar-refractivity contribution in [3.8, 4) is 12.1 Å². The molecule has 2 aromatic carbocycles. The van der Waals surface area contributed by atoms with Crippen LogP contribution in [0.5, 0.6) is 0 Å². The highest BCUT2D eigenvalue weighted by atomic mass is 14.6. The molecule has 2 atom stereocenters. The minimum Gasteiger partial charge on any atom is -0.197 e. The van der Waals surface area contributed by atoms with Crippen molar-refractivity contribution in [1.29, 1.82) is 10.5 Å². The smallest absolute Gasteiger partial charge is 0.154 e. The Labute approximate surface area is 106 Å². The van der Waals surface area contributed by atoms with Crippen LogP contribution in [-0.2, 0) is 0 Å². The average molecular weight is 232 g/mol. The van der Waals surface area contributed by atoms with Gasteiger partial charge in [0.05, 0.1) is 12.1 Å². The van der Waals surface area contributed by atoms with Crippen LogP contribution in [-0.4, -0.2) is 0 Å². The number of nitriles is 2. The third kappa shape index (κ3) is 1.27. The zero-order chi connectivity index (χ0) is 12.8. The Morgan fingerprint density at radius 2 is 1.67 bits per heavy atom. The van der Waals surface area contributed by atoms with Gasteiger partial charge < -0.3 is 0 Å². The van der Waals surface area contributed by atoms with Gasteiger partial charge in [-0.25, -0.2) is 0 Å². The molecule has 2 aromatic rings. The predicted octanol–water partition coefficient (Wildman–Crippen LogP) is 3.61. The molecular formula is C16H12N2. The third-order valence-electron chi connectivity index (χ3n) is 4.10. The van der Waals surface area contributed by atoms with E-state index in [-0.39, 0.29) is 11.8 Å². The Morgan fingerprint density at radius 3 is 2.28 bits per heavy atom. The van der Waals surface area contributed by atoms with Crippen LogP contribution in [0.25, 0.3) is 10.8 Å². The molecule has 3 rings (SSSR count). The molecule has 1 aliphatic carbocycles. The van der Waals surface area contributed by atoms with E-state index in [4.69, 9.17) is 0 Å². The lowest BCUT2D eigenvalue weighted by molar-refractivity contribution is 0.773. The van der Waals surface area contributed by atoms with E-state index in [0.29, 0.717) is 0 Å². The van der Waals surface area contributed by atoms with Gasteiger partial charge >= 0.3 is 0 Å². The molecular weight excluding hydrogens is 220 g/mol. The van der Waals surface area contributed by atoms with E-state index < -0.39 is 5.41 Å². The van der Waals surface area contributed by atoms with Crippen LogP contribution in [0.1, 0.15) is 18.4 Å². The van der Waals surface area contributed by atoms with Crippen LogP contribution < -0.4 is 0 Å². The second-order valence-electron chi connectivity index (χ2n) is 4.97. The summed E-state index contributed by atoms with van der Waals surface area (Å²) in [6.07, 6.45) is 0. The quantitative estimate of drug-likeness (QED) is 0.754. The molecule has 1 saturated carbocycles. The van der Waals surface area contributed by atoms with E-state index in [1.165, 1.54) is 10.8 Å². The number of fused-ring (bicyclic) bond motifs is 1. The summed E-state index contributed by atoms with van der Waals surface area (Å²) in [4.78, 5) is 0. The van der Waals surface area contributed by atoms with Gasteiger partial charge in [0.15, 0.2) is 5.41 Å². The summed E-state index contributed by atoms with van der Waals surface area (Å²) in [7, 11) is 0. The van der Waals surface area contributed by atoms with Crippen LogP contribution in [0.4, 0.5) is 0 Å². The van der Waals surface area contributed by atoms with Gasteiger partial charge in [0.25, 0.3) is 0 Å². The van der Waals surface area contributed by atoms with Crippen molar-refractivity contribution in [2.45, 2.75) is 12.8 Å². The molecule has 0 aromatic heterocycles. The minimum atomic E-state index is -0.817. The van der Waals surface area contributed by atoms with Crippen molar-refractivity contribution < 1.29 is 0 Å². The second kappa shape index (κ2) is 3.59. The van der Waals surface area contributed by atoms with Gasteiger partial charge in [-0.15, -0.1) is 0 Å². The van der Waals surface area contributed by atoms with Gasteiger partial charge in [-0.3, -0.25) is 0 Å². The molecule has 0 spiro atoms. The second-order valence-corrected chi connectivity index (χ2v) is 4.97. The van der Waals surface area contributed by atoms with Crippen molar-refractivity contribution in [2.24, 2.45) is 11.3 Å². The minimum absolute atomic E-state index is 0.0529. The van der Waals surface area contributed by atoms with E-state index in [2.05, 4.69) is 36.4 Å². The van der Waals surface area contributed by atoms with Crippen molar-refractivity contribution in [1.82, 2.24) is 0 Å². The maximum Gasteiger partial charge on any atom is 0.154 e. The van der Waals surface area contributed by atoms with Gasteiger partial charge in [-0.2, -0.15) is 10.5 Å². The van der Waals surface area contributed by atoms with E-state index >= 15 is 0 Å². The van der Waals surface area contributed by atoms with Crippen LogP contribution in [0.3, 0.4) is 0 Å². The topological polar surface area (TPSA) is 47.6 Å². The summed E-state index contributed by atoms with van der Waals surface area (Å²) in [5.74, 6) is 0.172. The molecule has 0 saturated heterocycles. The highest BCUT2D eigenvalue weighted by Crippen LogP contribution is 2.64. The Hall–Kier alpha value is -2.32. The van der Waals surface area contributed by atoms with Crippen molar-refractivity contribution in [3.63, 3.8) is 0 Å². The molecule has 2 unspecified atom stereocenters. The van der Waals surface area contributed by atoms with Crippen molar-refractivity contribution >= 4 is 10.8 Å². The van der Waals surface area contributed by atoms with Gasteiger partial charge in [0.2, 0.25) is 0 Å². The maximum atomic E-state index is 9.20. The molecule has 0 N–H and O–H groups in total. The Balaban J connectivity index is 2.08. The SMILES string of the molecule is CC1C(c2ccc3ccccc3c2)C1(C#N)C#N. The monoisotopic (exact) mass is 232 g/mol. The molecule has 0 aliphatic heterocycles. The van der Waals surface area contributed by atoms with E-state index in [1.807, 2.05) is 25.1 Å².